The molecule has 5 heteroatoms. The Morgan fingerprint density at radius 3 is 2.38 bits per heavy atom. The molecule has 0 fully saturated rings. The molecule has 4 nitrogen and oxygen atoms in total. The van der Waals surface area contributed by atoms with Gasteiger partial charge in [-0.3, -0.25) is 4.79 Å². The molecule has 2 rings (SSSR count). The summed E-state index contributed by atoms with van der Waals surface area (Å²) in [7, 11) is 0. The van der Waals surface area contributed by atoms with Gasteiger partial charge in [0.1, 0.15) is 11.5 Å². The Hall–Kier alpha value is -2.56. The molecule has 0 atom stereocenters. The van der Waals surface area contributed by atoms with Crippen molar-refractivity contribution in [1.82, 2.24) is 0 Å². The fourth-order valence-electron chi connectivity index (χ4n) is 2.11. The SMILES string of the molecule is CCCc1c(O)ccc(C(=O)c2ccc(O)c(F)c2)c1O. The first-order valence-electron chi connectivity index (χ1n) is 6.52. The van der Waals surface area contributed by atoms with E-state index < -0.39 is 17.3 Å². The molecule has 0 aliphatic carbocycles. The summed E-state index contributed by atoms with van der Waals surface area (Å²) in [5, 5.41) is 29.0. The van der Waals surface area contributed by atoms with Gasteiger partial charge < -0.3 is 15.3 Å². The summed E-state index contributed by atoms with van der Waals surface area (Å²) >= 11 is 0. The lowest BCUT2D eigenvalue weighted by Gasteiger charge is -2.11. The van der Waals surface area contributed by atoms with Crippen LogP contribution in [0.15, 0.2) is 30.3 Å². The van der Waals surface area contributed by atoms with Crippen LogP contribution < -0.4 is 0 Å². The zero-order valence-corrected chi connectivity index (χ0v) is 11.4. The van der Waals surface area contributed by atoms with Crippen LogP contribution >= 0.6 is 0 Å². The van der Waals surface area contributed by atoms with Gasteiger partial charge in [-0.25, -0.2) is 4.39 Å². The van der Waals surface area contributed by atoms with Crippen LogP contribution in [0.2, 0.25) is 0 Å². The maximum Gasteiger partial charge on any atom is 0.196 e. The first kappa shape index (κ1) is 14.8. The average molecular weight is 290 g/mol. The highest BCUT2D eigenvalue weighted by atomic mass is 19.1. The lowest BCUT2D eigenvalue weighted by molar-refractivity contribution is 0.103. The van der Waals surface area contributed by atoms with Crippen molar-refractivity contribution in [3.05, 3.63) is 52.8 Å². The van der Waals surface area contributed by atoms with Crippen molar-refractivity contribution in [2.45, 2.75) is 19.8 Å². The molecule has 2 aromatic carbocycles. The lowest BCUT2D eigenvalue weighted by Crippen LogP contribution is -2.04. The summed E-state index contributed by atoms with van der Waals surface area (Å²) < 4.78 is 13.3. The molecule has 0 heterocycles. The molecule has 0 aliphatic rings. The Balaban J connectivity index is 2.48. The molecule has 2 aromatic rings. The molecule has 0 saturated carbocycles. The third-order valence-electron chi connectivity index (χ3n) is 3.21. The number of rotatable bonds is 4. The molecule has 0 bridgehead atoms. The molecule has 0 spiro atoms. The molecule has 110 valence electrons. The first-order valence-corrected chi connectivity index (χ1v) is 6.52. The van der Waals surface area contributed by atoms with Crippen LogP contribution in [-0.4, -0.2) is 21.1 Å². The van der Waals surface area contributed by atoms with Gasteiger partial charge in [0.25, 0.3) is 0 Å². The van der Waals surface area contributed by atoms with Gasteiger partial charge in [-0.15, -0.1) is 0 Å². The summed E-state index contributed by atoms with van der Waals surface area (Å²) in [5.74, 6) is -2.41. The largest absolute Gasteiger partial charge is 0.508 e. The van der Waals surface area contributed by atoms with Crippen molar-refractivity contribution in [2.75, 3.05) is 0 Å². The van der Waals surface area contributed by atoms with Gasteiger partial charge in [0.2, 0.25) is 0 Å². The van der Waals surface area contributed by atoms with E-state index >= 15 is 0 Å². The Morgan fingerprint density at radius 2 is 1.76 bits per heavy atom. The van der Waals surface area contributed by atoms with Gasteiger partial charge in [-0.05, 0) is 36.8 Å². The van der Waals surface area contributed by atoms with Crippen molar-refractivity contribution in [3.8, 4) is 17.2 Å². The van der Waals surface area contributed by atoms with Gasteiger partial charge in [0, 0.05) is 11.1 Å². The van der Waals surface area contributed by atoms with Gasteiger partial charge in [-0.2, -0.15) is 0 Å². The summed E-state index contributed by atoms with van der Waals surface area (Å²) in [6.45, 7) is 1.88. The molecular formula is C16H15FO4. The zero-order valence-electron chi connectivity index (χ0n) is 11.4. The van der Waals surface area contributed by atoms with Crippen LogP contribution in [-0.2, 0) is 6.42 Å². The average Bonchev–Trinajstić information content (AvgIpc) is 2.46. The van der Waals surface area contributed by atoms with Crippen molar-refractivity contribution in [2.24, 2.45) is 0 Å². The van der Waals surface area contributed by atoms with Gasteiger partial charge >= 0.3 is 0 Å². The number of carbonyl (C=O) groups is 1. The van der Waals surface area contributed by atoms with E-state index in [4.69, 9.17) is 5.11 Å². The third kappa shape index (κ3) is 2.81. The van der Waals surface area contributed by atoms with E-state index in [9.17, 15) is 19.4 Å². The van der Waals surface area contributed by atoms with Crippen molar-refractivity contribution in [1.29, 1.82) is 0 Å². The van der Waals surface area contributed by atoms with Crippen LogP contribution in [0.1, 0.15) is 34.8 Å². The van der Waals surface area contributed by atoms with Crippen LogP contribution in [0, 0.1) is 5.82 Å². The summed E-state index contributed by atoms with van der Waals surface area (Å²) in [4.78, 5) is 12.3. The number of hydrogen-bond acceptors (Lipinski definition) is 4. The Labute approximate surface area is 121 Å². The minimum Gasteiger partial charge on any atom is -0.508 e. The third-order valence-corrected chi connectivity index (χ3v) is 3.21. The molecule has 0 aliphatic heterocycles. The molecule has 3 N–H and O–H groups in total. The molecule has 0 radical (unpaired) electrons. The highest BCUT2D eigenvalue weighted by Crippen LogP contribution is 2.33. The highest BCUT2D eigenvalue weighted by Gasteiger charge is 2.19. The van der Waals surface area contributed by atoms with Crippen LogP contribution in [0.5, 0.6) is 17.2 Å². The number of carbonyl (C=O) groups excluding carboxylic acids is 1. The van der Waals surface area contributed by atoms with Crippen molar-refractivity contribution < 1.29 is 24.5 Å². The van der Waals surface area contributed by atoms with E-state index in [0.29, 0.717) is 18.4 Å². The molecular weight excluding hydrogens is 275 g/mol. The lowest BCUT2D eigenvalue weighted by atomic mass is 9.97. The second-order valence-corrected chi connectivity index (χ2v) is 4.70. The number of hydrogen-bond donors (Lipinski definition) is 3. The minimum absolute atomic E-state index is 0.00809. The number of halogens is 1. The number of aromatic hydroxyl groups is 3. The Kier molecular flexibility index (Phi) is 4.12. The van der Waals surface area contributed by atoms with Crippen LogP contribution in [0.3, 0.4) is 0 Å². The number of ketones is 1. The Bertz CT molecular complexity index is 695. The van der Waals surface area contributed by atoms with Gasteiger partial charge in [0.15, 0.2) is 17.3 Å². The molecule has 0 saturated heterocycles. The van der Waals surface area contributed by atoms with E-state index in [-0.39, 0.29) is 22.6 Å². The van der Waals surface area contributed by atoms with Crippen LogP contribution in [0.4, 0.5) is 4.39 Å². The minimum atomic E-state index is -0.909. The van der Waals surface area contributed by atoms with Gasteiger partial charge in [-0.1, -0.05) is 13.3 Å². The number of phenolic OH excluding ortho intramolecular Hbond substituents is 3. The van der Waals surface area contributed by atoms with Crippen LogP contribution in [0.25, 0.3) is 0 Å². The maximum absolute atomic E-state index is 13.3. The predicted molar refractivity (Wildman–Crippen MR) is 75.3 cm³/mol. The monoisotopic (exact) mass is 290 g/mol. The van der Waals surface area contributed by atoms with E-state index in [0.717, 1.165) is 12.1 Å². The maximum atomic E-state index is 13.3. The summed E-state index contributed by atoms with van der Waals surface area (Å²) in [6, 6.07) is 5.87. The quantitative estimate of drug-likeness (QED) is 0.756. The molecule has 21 heavy (non-hydrogen) atoms. The fourth-order valence-corrected chi connectivity index (χ4v) is 2.11. The molecule has 0 aromatic heterocycles. The smallest absolute Gasteiger partial charge is 0.196 e. The second kappa shape index (κ2) is 5.83. The normalized spacial score (nSPS) is 10.6. The predicted octanol–water partition coefficient (Wildman–Crippen LogP) is 3.13. The molecule has 0 amide bonds. The van der Waals surface area contributed by atoms with E-state index in [1.165, 1.54) is 18.2 Å². The number of benzene rings is 2. The standard InChI is InChI=1S/C16H15FO4/c1-2-3-10-13(18)7-5-11(16(10)21)15(20)9-4-6-14(19)12(17)8-9/h4-8,18-19,21H,2-3H2,1H3. The van der Waals surface area contributed by atoms with E-state index in [2.05, 4.69) is 0 Å². The molecule has 0 unspecified atom stereocenters. The first-order chi connectivity index (χ1) is 9.95. The topological polar surface area (TPSA) is 77.8 Å². The second-order valence-electron chi connectivity index (χ2n) is 4.70. The fraction of sp³-hybridized carbons (Fsp3) is 0.188. The summed E-state index contributed by atoms with van der Waals surface area (Å²) in [5.41, 5.74) is 0.290. The Morgan fingerprint density at radius 1 is 1.10 bits per heavy atom. The zero-order chi connectivity index (χ0) is 15.6. The van der Waals surface area contributed by atoms with Crippen molar-refractivity contribution in [3.63, 3.8) is 0 Å². The van der Waals surface area contributed by atoms with Gasteiger partial charge in [0.05, 0.1) is 5.56 Å². The van der Waals surface area contributed by atoms with E-state index in [1.54, 1.807) is 0 Å². The summed E-state index contributed by atoms with van der Waals surface area (Å²) in [6.07, 6.45) is 1.11. The van der Waals surface area contributed by atoms with E-state index in [1.807, 2.05) is 6.92 Å². The van der Waals surface area contributed by atoms with Crippen molar-refractivity contribution >= 4 is 5.78 Å². The highest BCUT2D eigenvalue weighted by molar-refractivity contribution is 6.11. The number of phenols is 3.